The molecule has 9 heteroatoms. The van der Waals surface area contributed by atoms with Crippen LogP contribution in [0.25, 0.3) is 0 Å². The van der Waals surface area contributed by atoms with Crippen molar-refractivity contribution >= 4 is 37.8 Å². The first-order valence-corrected chi connectivity index (χ1v) is 8.48. The highest BCUT2D eigenvalue weighted by molar-refractivity contribution is 9.10. The Morgan fingerprint density at radius 2 is 2.00 bits per heavy atom. The molecule has 0 radical (unpaired) electrons. The summed E-state index contributed by atoms with van der Waals surface area (Å²) in [6.45, 7) is 0.248. The van der Waals surface area contributed by atoms with E-state index in [1.807, 2.05) is 0 Å². The van der Waals surface area contributed by atoms with Crippen LogP contribution in [0.4, 0.5) is 10.1 Å². The summed E-state index contributed by atoms with van der Waals surface area (Å²) in [7, 11) is -3.83. The molecule has 2 rings (SSSR count). The van der Waals surface area contributed by atoms with Gasteiger partial charge in [-0.15, -0.1) is 0 Å². The number of anilines is 1. The molecule has 2 N–H and O–H groups in total. The molecule has 0 amide bonds. The van der Waals surface area contributed by atoms with Crippen LogP contribution >= 0.6 is 15.9 Å². The predicted octanol–water partition coefficient (Wildman–Crippen LogP) is 2.04. The van der Waals surface area contributed by atoms with Crippen LogP contribution in [0.15, 0.2) is 22.7 Å². The van der Waals surface area contributed by atoms with Crippen molar-refractivity contribution in [1.29, 1.82) is 0 Å². The van der Waals surface area contributed by atoms with Crippen LogP contribution in [0.5, 0.6) is 0 Å². The van der Waals surface area contributed by atoms with Gasteiger partial charge in [0.1, 0.15) is 5.82 Å². The summed E-state index contributed by atoms with van der Waals surface area (Å²) < 4.78 is 41.5. The molecule has 1 aliphatic rings. The first-order chi connectivity index (χ1) is 9.79. The first-order valence-electron chi connectivity index (χ1n) is 6.25. The Morgan fingerprint density at radius 3 is 2.57 bits per heavy atom. The molecule has 21 heavy (non-hydrogen) atoms. The number of nitrogens with zero attached hydrogens (tertiary/aromatic N) is 1. The van der Waals surface area contributed by atoms with Crippen molar-refractivity contribution < 1.29 is 22.7 Å². The number of carboxylic acid groups (broad SMARTS) is 1. The smallest absolute Gasteiger partial charge is 0.306 e. The second kappa shape index (κ2) is 6.29. The number of hydrogen-bond donors (Lipinski definition) is 2. The normalized spacial score (nSPS) is 17.6. The molecule has 1 heterocycles. The van der Waals surface area contributed by atoms with E-state index in [0.29, 0.717) is 4.47 Å². The molecule has 6 nitrogen and oxygen atoms in total. The zero-order chi connectivity index (χ0) is 15.6. The number of carbonyl (C=O) groups is 1. The summed E-state index contributed by atoms with van der Waals surface area (Å²) >= 11 is 3.15. The second-order valence-corrected chi connectivity index (χ2v) is 7.27. The zero-order valence-electron chi connectivity index (χ0n) is 10.9. The van der Waals surface area contributed by atoms with Gasteiger partial charge in [-0.25, -0.2) is 4.39 Å². The lowest BCUT2D eigenvalue weighted by atomic mass is 9.99. The van der Waals surface area contributed by atoms with Gasteiger partial charge in [-0.2, -0.15) is 12.7 Å². The minimum atomic E-state index is -3.83. The van der Waals surface area contributed by atoms with Gasteiger partial charge in [0.15, 0.2) is 0 Å². The third kappa shape index (κ3) is 3.92. The molecule has 1 aromatic carbocycles. The number of hydrogen-bond acceptors (Lipinski definition) is 3. The second-order valence-electron chi connectivity index (χ2n) is 4.74. The number of benzene rings is 1. The van der Waals surface area contributed by atoms with E-state index in [0.717, 1.165) is 6.07 Å². The molecule has 1 aliphatic heterocycles. The Bertz CT molecular complexity index is 645. The Hall–Kier alpha value is -1.19. The Kier molecular flexibility index (Phi) is 4.84. The summed E-state index contributed by atoms with van der Waals surface area (Å²) in [4.78, 5) is 10.9. The lowest BCUT2D eigenvalue weighted by Gasteiger charge is -2.29. The van der Waals surface area contributed by atoms with Crippen LogP contribution in [0.2, 0.25) is 0 Å². The summed E-state index contributed by atoms with van der Waals surface area (Å²) in [6.07, 6.45) is 0.529. The number of aliphatic carboxylic acids is 1. The van der Waals surface area contributed by atoms with E-state index in [4.69, 9.17) is 5.11 Å². The lowest BCUT2D eigenvalue weighted by molar-refractivity contribution is -0.142. The molecule has 116 valence electrons. The van der Waals surface area contributed by atoms with Crippen LogP contribution in [0.3, 0.4) is 0 Å². The van der Waals surface area contributed by atoms with E-state index >= 15 is 0 Å². The van der Waals surface area contributed by atoms with Gasteiger partial charge in [0.2, 0.25) is 0 Å². The Morgan fingerprint density at radius 1 is 1.38 bits per heavy atom. The largest absolute Gasteiger partial charge is 0.481 e. The maximum Gasteiger partial charge on any atom is 0.306 e. The van der Waals surface area contributed by atoms with Crippen molar-refractivity contribution in [3.05, 3.63) is 28.5 Å². The number of carboxylic acids is 1. The monoisotopic (exact) mass is 380 g/mol. The number of halogens is 2. The number of piperidine rings is 1. The molecule has 1 aromatic rings. The van der Waals surface area contributed by atoms with Gasteiger partial charge in [-0.3, -0.25) is 9.52 Å². The minimum absolute atomic E-state index is 0.107. The summed E-state index contributed by atoms with van der Waals surface area (Å²) in [5.74, 6) is -1.98. The van der Waals surface area contributed by atoms with Crippen LogP contribution in [-0.2, 0) is 15.0 Å². The van der Waals surface area contributed by atoms with Crippen molar-refractivity contribution in [2.75, 3.05) is 17.8 Å². The first kappa shape index (κ1) is 16.2. The topological polar surface area (TPSA) is 86.7 Å². The van der Waals surface area contributed by atoms with Crippen LogP contribution in [-0.4, -0.2) is 36.9 Å². The predicted molar refractivity (Wildman–Crippen MR) is 78.6 cm³/mol. The van der Waals surface area contributed by atoms with Crippen LogP contribution in [0, 0.1) is 11.7 Å². The molecule has 0 saturated carbocycles. The van der Waals surface area contributed by atoms with E-state index in [1.54, 1.807) is 0 Å². The number of nitrogens with one attached hydrogen (secondary N) is 1. The molecule has 1 fully saturated rings. The van der Waals surface area contributed by atoms with E-state index in [1.165, 1.54) is 16.4 Å². The quantitative estimate of drug-likeness (QED) is 0.836. The third-order valence-electron chi connectivity index (χ3n) is 3.31. The van der Waals surface area contributed by atoms with Crippen molar-refractivity contribution in [3.63, 3.8) is 0 Å². The molecule has 0 atom stereocenters. The fourth-order valence-electron chi connectivity index (χ4n) is 2.12. The standard InChI is InChI=1S/C12H14BrFN2O4S/c13-10-2-1-9(14)7-11(10)15-21(19,20)16-5-3-8(4-6-16)12(17)18/h1-2,7-8,15H,3-6H2,(H,17,18). The molecule has 0 spiro atoms. The third-order valence-corrected chi connectivity index (χ3v) is 5.52. The van der Waals surface area contributed by atoms with Gasteiger partial charge in [0.25, 0.3) is 0 Å². The SMILES string of the molecule is O=C(O)C1CCN(S(=O)(=O)Nc2cc(F)ccc2Br)CC1. The zero-order valence-corrected chi connectivity index (χ0v) is 13.3. The van der Waals surface area contributed by atoms with Gasteiger partial charge >= 0.3 is 16.2 Å². The fraction of sp³-hybridized carbons (Fsp3) is 0.417. The molecule has 0 aromatic heterocycles. The maximum atomic E-state index is 13.2. The van der Waals surface area contributed by atoms with Gasteiger partial charge in [0, 0.05) is 17.6 Å². The highest BCUT2D eigenvalue weighted by Crippen LogP contribution is 2.26. The summed E-state index contributed by atoms with van der Waals surface area (Å²) in [5, 5.41) is 8.90. The van der Waals surface area contributed by atoms with E-state index in [9.17, 15) is 17.6 Å². The highest BCUT2D eigenvalue weighted by Gasteiger charge is 2.31. The highest BCUT2D eigenvalue weighted by atomic mass is 79.9. The lowest BCUT2D eigenvalue weighted by Crippen LogP contribution is -2.43. The molecular weight excluding hydrogens is 367 g/mol. The average Bonchev–Trinajstić information content (AvgIpc) is 2.43. The molecular formula is C12H14BrFN2O4S. The van der Waals surface area contributed by atoms with E-state index in [-0.39, 0.29) is 31.6 Å². The molecule has 0 aliphatic carbocycles. The van der Waals surface area contributed by atoms with Crippen molar-refractivity contribution in [2.24, 2.45) is 5.92 Å². The fourth-order valence-corrected chi connectivity index (χ4v) is 3.87. The summed E-state index contributed by atoms with van der Waals surface area (Å²) in [5.41, 5.74) is 0.107. The summed E-state index contributed by atoms with van der Waals surface area (Å²) in [6, 6.07) is 3.69. The van der Waals surface area contributed by atoms with Crippen LogP contribution < -0.4 is 4.72 Å². The minimum Gasteiger partial charge on any atom is -0.481 e. The van der Waals surface area contributed by atoms with E-state index < -0.39 is 27.9 Å². The van der Waals surface area contributed by atoms with Gasteiger partial charge in [-0.05, 0) is 47.0 Å². The maximum absolute atomic E-state index is 13.2. The van der Waals surface area contributed by atoms with Gasteiger partial charge in [-0.1, -0.05) is 0 Å². The van der Waals surface area contributed by atoms with Gasteiger partial charge < -0.3 is 5.11 Å². The molecule has 0 bridgehead atoms. The number of rotatable bonds is 4. The molecule has 0 unspecified atom stereocenters. The Labute approximate surface area is 130 Å². The molecule has 1 saturated heterocycles. The van der Waals surface area contributed by atoms with Gasteiger partial charge in [0.05, 0.1) is 11.6 Å². The van der Waals surface area contributed by atoms with Crippen LogP contribution in [0.1, 0.15) is 12.8 Å². The average molecular weight is 381 g/mol. The van der Waals surface area contributed by atoms with Crippen molar-refractivity contribution in [2.45, 2.75) is 12.8 Å². The van der Waals surface area contributed by atoms with E-state index in [2.05, 4.69) is 20.7 Å². The Balaban J connectivity index is 2.09. The van der Waals surface area contributed by atoms with Crippen molar-refractivity contribution in [3.8, 4) is 0 Å². The van der Waals surface area contributed by atoms with Crippen molar-refractivity contribution in [1.82, 2.24) is 4.31 Å².